The first-order valence-corrected chi connectivity index (χ1v) is 5.83. The van der Waals surface area contributed by atoms with E-state index in [0.29, 0.717) is 5.16 Å². The zero-order valence-electron chi connectivity index (χ0n) is 9.68. The second-order valence-electron chi connectivity index (χ2n) is 3.65. The van der Waals surface area contributed by atoms with E-state index < -0.39 is 23.0 Å². The SMILES string of the molecule is Cn1c(Sc2cc(F)c(C(=O)O)cc2N)n[nH]c1=O. The molecule has 0 saturated heterocycles. The number of aromatic nitrogens is 3. The molecular weight excluding hydrogens is 275 g/mol. The van der Waals surface area contributed by atoms with Crippen molar-refractivity contribution >= 4 is 23.4 Å². The molecule has 4 N–H and O–H groups in total. The van der Waals surface area contributed by atoms with E-state index in [-0.39, 0.29) is 10.6 Å². The fourth-order valence-electron chi connectivity index (χ4n) is 1.35. The van der Waals surface area contributed by atoms with E-state index in [4.69, 9.17) is 10.8 Å². The highest BCUT2D eigenvalue weighted by molar-refractivity contribution is 7.99. The lowest BCUT2D eigenvalue weighted by molar-refractivity contribution is 0.0692. The molecule has 0 aliphatic heterocycles. The van der Waals surface area contributed by atoms with E-state index in [1.54, 1.807) is 0 Å². The van der Waals surface area contributed by atoms with Crippen molar-refractivity contribution in [1.82, 2.24) is 14.8 Å². The van der Waals surface area contributed by atoms with Gasteiger partial charge in [0.2, 0.25) is 0 Å². The molecule has 1 heterocycles. The van der Waals surface area contributed by atoms with Crippen molar-refractivity contribution in [3.63, 3.8) is 0 Å². The molecule has 0 atom stereocenters. The van der Waals surface area contributed by atoms with Gasteiger partial charge < -0.3 is 10.8 Å². The highest BCUT2D eigenvalue weighted by Gasteiger charge is 2.16. The number of rotatable bonds is 3. The lowest BCUT2D eigenvalue weighted by Gasteiger charge is -2.06. The number of aromatic carboxylic acids is 1. The van der Waals surface area contributed by atoms with Gasteiger partial charge in [0, 0.05) is 17.6 Å². The summed E-state index contributed by atoms with van der Waals surface area (Å²) in [6, 6.07) is 2.04. The molecule has 0 radical (unpaired) electrons. The Hall–Kier alpha value is -2.29. The maximum Gasteiger partial charge on any atom is 0.343 e. The Kier molecular flexibility index (Phi) is 3.30. The summed E-state index contributed by atoms with van der Waals surface area (Å²) in [7, 11) is 1.49. The molecular formula is C10H9FN4O3S. The van der Waals surface area contributed by atoms with E-state index in [1.807, 2.05) is 0 Å². The van der Waals surface area contributed by atoms with Crippen LogP contribution in [0.1, 0.15) is 10.4 Å². The van der Waals surface area contributed by atoms with Gasteiger partial charge in [-0.1, -0.05) is 0 Å². The number of hydrogen-bond acceptors (Lipinski definition) is 5. The van der Waals surface area contributed by atoms with Crippen molar-refractivity contribution in [1.29, 1.82) is 0 Å². The van der Waals surface area contributed by atoms with Crippen LogP contribution >= 0.6 is 11.8 Å². The minimum Gasteiger partial charge on any atom is -0.478 e. The summed E-state index contributed by atoms with van der Waals surface area (Å²) in [5, 5.41) is 15.0. The van der Waals surface area contributed by atoms with E-state index in [9.17, 15) is 14.0 Å². The van der Waals surface area contributed by atoms with E-state index in [2.05, 4.69) is 10.2 Å². The Morgan fingerprint density at radius 2 is 2.26 bits per heavy atom. The van der Waals surface area contributed by atoms with Gasteiger partial charge >= 0.3 is 11.7 Å². The molecule has 0 aliphatic rings. The summed E-state index contributed by atoms with van der Waals surface area (Å²) in [5.74, 6) is -2.29. The number of anilines is 1. The van der Waals surface area contributed by atoms with Crippen LogP contribution in [0.25, 0.3) is 0 Å². The van der Waals surface area contributed by atoms with Gasteiger partial charge in [-0.05, 0) is 23.9 Å². The van der Waals surface area contributed by atoms with Crippen LogP contribution in [0.5, 0.6) is 0 Å². The topological polar surface area (TPSA) is 114 Å². The van der Waals surface area contributed by atoms with Crippen LogP contribution in [0.3, 0.4) is 0 Å². The number of nitrogen functional groups attached to an aromatic ring is 1. The molecule has 1 aromatic heterocycles. The van der Waals surface area contributed by atoms with E-state index in [0.717, 1.165) is 23.9 Å². The summed E-state index contributed by atoms with van der Waals surface area (Å²) in [5.41, 5.74) is 4.84. The molecule has 9 heteroatoms. The van der Waals surface area contributed by atoms with Crippen LogP contribution in [0.15, 0.2) is 27.0 Å². The largest absolute Gasteiger partial charge is 0.478 e. The molecule has 0 saturated carbocycles. The summed E-state index contributed by atoms with van der Waals surface area (Å²) in [6.45, 7) is 0. The Morgan fingerprint density at radius 1 is 1.58 bits per heavy atom. The third-order valence-corrected chi connectivity index (χ3v) is 3.49. The third-order valence-electron chi connectivity index (χ3n) is 2.37. The smallest absolute Gasteiger partial charge is 0.343 e. The zero-order valence-corrected chi connectivity index (χ0v) is 10.5. The number of aromatic amines is 1. The Bertz CT molecular complexity index is 709. The van der Waals surface area contributed by atoms with Gasteiger partial charge in [0.1, 0.15) is 5.82 Å². The minimum atomic E-state index is -1.40. The Balaban J connectivity index is 2.42. The number of carboxylic acid groups (broad SMARTS) is 1. The highest BCUT2D eigenvalue weighted by atomic mass is 32.2. The molecule has 0 fully saturated rings. The van der Waals surface area contributed by atoms with Crippen molar-refractivity contribution in [2.24, 2.45) is 7.05 Å². The number of H-pyrrole nitrogens is 1. The quantitative estimate of drug-likeness (QED) is 0.714. The molecule has 2 rings (SSSR count). The van der Waals surface area contributed by atoms with Crippen molar-refractivity contribution in [3.05, 3.63) is 34.0 Å². The third kappa shape index (κ3) is 2.45. The van der Waals surface area contributed by atoms with Gasteiger partial charge in [-0.25, -0.2) is 19.1 Å². The number of hydrogen-bond donors (Lipinski definition) is 3. The van der Waals surface area contributed by atoms with Crippen LogP contribution in [-0.2, 0) is 7.05 Å². The molecule has 1 aromatic carbocycles. The summed E-state index contributed by atoms with van der Waals surface area (Å²) in [4.78, 5) is 22.2. The molecule has 19 heavy (non-hydrogen) atoms. The predicted octanol–water partition coefficient (Wildman–Crippen LogP) is 0.679. The summed E-state index contributed by atoms with van der Waals surface area (Å²) < 4.78 is 14.8. The number of benzene rings is 1. The van der Waals surface area contributed by atoms with Crippen molar-refractivity contribution in [2.75, 3.05) is 5.73 Å². The average molecular weight is 284 g/mol. The van der Waals surface area contributed by atoms with Gasteiger partial charge in [0.25, 0.3) is 0 Å². The maximum absolute atomic E-state index is 13.5. The van der Waals surface area contributed by atoms with E-state index >= 15 is 0 Å². The molecule has 0 spiro atoms. The lowest BCUT2D eigenvalue weighted by Crippen LogP contribution is -2.12. The van der Waals surface area contributed by atoms with Gasteiger partial charge in [-0.15, -0.1) is 5.10 Å². The highest BCUT2D eigenvalue weighted by Crippen LogP contribution is 2.31. The van der Waals surface area contributed by atoms with Crippen LogP contribution in [-0.4, -0.2) is 25.8 Å². The monoisotopic (exact) mass is 284 g/mol. The van der Waals surface area contributed by atoms with Gasteiger partial charge in [0.15, 0.2) is 5.16 Å². The maximum atomic E-state index is 13.5. The van der Waals surface area contributed by atoms with Gasteiger partial charge in [-0.3, -0.25) is 4.57 Å². The number of nitrogens with zero attached hydrogens (tertiary/aromatic N) is 2. The standard InChI is InChI=1S/C10H9FN4O3S/c1-15-9(18)13-14-10(15)19-7-3-5(11)4(8(16)17)2-6(7)12/h2-3H,12H2,1H3,(H,13,18)(H,16,17). The first-order chi connectivity index (χ1) is 8.90. The predicted molar refractivity (Wildman–Crippen MR) is 65.7 cm³/mol. The van der Waals surface area contributed by atoms with E-state index in [1.165, 1.54) is 11.6 Å². The molecule has 7 nitrogen and oxygen atoms in total. The number of carbonyl (C=O) groups is 1. The van der Waals surface area contributed by atoms with Crippen LogP contribution < -0.4 is 11.4 Å². The number of nitrogens with one attached hydrogen (secondary N) is 1. The Labute approximate surface area is 110 Å². The number of carboxylic acids is 1. The molecule has 0 bridgehead atoms. The lowest BCUT2D eigenvalue weighted by atomic mass is 10.2. The van der Waals surface area contributed by atoms with Crippen molar-refractivity contribution in [3.8, 4) is 0 Å². The van der Waals surface area contributed by atoms with Gasteiger partial charge in [0.05, 0.1) is 5.56 Å². The Morgan fingerprint density at radius 3 is 2.79 bits per heavy atom. The zero-order chi connectivity index (χ0) is 14.2. The summed E-state index contributed by atoms with van der Waals surface area (Å²) >= 11 is 0.959. The summed E-state index contributed by atoms with van der Waals surface area (Å²) in [6.07, 6.45) is 0. The average Bonchev–Trinajstić information content (AvgIpc) is 2.65. The second-order valence-corrected chi connectivity index (χ2v) is 4.66. The molecule has 100 valence electrons. The number of nitrogens with two attached hydrogens (primary N) is 1. The second kappa shape index (κ2) is 4.76. The minimum absolute atomic E-state index is 0.0965. The normalized spacial score (nSPS) is 10.6. The van der Waals surface area contributed by atoms with Crippen LogP contribution in [0.4, 0.5) is 10.1 Å². The van der Waals surface area contributed by atoms with Gasteiger partial charge in [-0.2, -0.15) is 0 Å². The molecule has 0 aliphatic carbocycles. The van der Waals surface area contributed by atoms with Crippen molar-refractivity contribution < 1.29 is 14.3 Å². The molecule has 2 aromatic rings. The first kappa shape index (κ1) is 13.1. The van der Waals surface area contributed by atoms with Crippen molar-refractivity contribution in [2.45, 2.75) is 10.1 Å². The molecule has 0 unspecified atom stereocenters. The van der Waals surface area contributed by atoms with Crippen LogP contribution in [0, 0.1) is 5.82 Å². The molecule has 0 amide bonds. The van der Waals surface area contributed by atoms with Crippen LogP contribution in [0.2, 0.25) is 0 Å². The first-order valence-electron chi connectivity index (χ1n) is 5.01. The fraction of sp³-hybridized carbons (Fsp3) is 0.100. The number of halogens is 1. The fourth-order valence-corrected chi connectivity index (χ4v) is 2.19.